The molecule has 1 aliphatic rings. The van der Waals surface area contributed by atoms with Crippen LogP contribution < -0.4 is 5.56 Å². The monoisotopic (exact) mass is 259 g/mol. The maximum atomic E-state index is 12.3. The summed E-state index contributed by atoms with van der Waals surface area (Å²) in [6, 6.07) is 5.26. The van der Waals surface area contributed by atoms with Crippen LogP contribution in [0, 0.1) is 0 Å². The van der Waals surface area contributed by atoms with Crippen LogP contribution in [0.25, 0.3) is 5.65 Å². The van der Waals surface area contributed by atoms with Gasteiger partial charge in [-0.05, 0) is 12.1 Å². The minimum Gasteiger partial charge on any atom is -0.378 e. The van der Waals surface area contributed by atoms with Gasteiger partial charge in [-0.3, -0.25) is 14.0 Å². The summed E-state index contributed by atoms with van der Waals surface area (Å²) in [6.07, 6.45) is 2.97. The summed E-state index contributed by atoms with van der Waals surface area (Å²) in [6.45, 7) is 2.04. The standard InChI is InChI=1S/C13H13N3O3/c17-12(15-5-7-19-8-6-15)10-9-14-11-3-1-2-4-16(11)13(10)18/h1-4,9H,5-8H2. The molecule has 6 heteroatoms. The predicted molar refractivity (Wildman–Crippen MR) is 68.2 cm³/mol. The highest BCUT2D eigenvalue weighted by Gasteiger charge is 2.21. The average Bonchev–Trinajstić information content (AvgIpc) is 2.48. The summed E-state index contributed by atoms with van der Waals surface area (Å²) in [5.74, 6) is -0.279. The summed E-state index contributed by atoms with van der Waals surface area (Å²) in [7, 11) is 0. The van der Waals surface area contributed by atoms with Gasteiger partial charge in [0.15, 0.2) is 0 Å². The summed E-state index contributed by atoms with van der Waals surface area (Å²) >= 11 is 0. The van der Waals surface area contributed by atoms with Gasteiger partial charge in [0, 0.05) is 25.5 Å². The van der Waals surface area contributed by atoms with Gasteiger partial charge in [0.2, 0.25) is 0 Å². The van der Waals surface area contributed by atoms with E-state index in [2.05, 4.69) is 4.98 Å². The van der Waals surface area contributed by atoms with E-state index in [1.165, 1.54) is 10.6 Å². The normalized spacial score (nSPS) is 15.7. The quantitative estimate of drug-likeness (QED) is 0.732. The van der Waals surface area contributed by atoms with Crippen LogP contribution in [0.3, 0.4) is 0 Å². The maximum absolute atomic E-state index is 12.3. The lowest BCUT2D eigenvalue weighted by atomic mass is 10.2. The van der Waals surface area contributed by atoms with Crippen molar-refractivity contribution in [3.8, 4) is 0 Å². The van der Waals surface area contributed by atoms with Crippen LogP contribution in [0.2, 0.25) is 0 Å². The molecule has 0 atom stereocenters. The number of ether oxygens (including phenoxy) is 1. The number of amides is 1. The number of hydrogen-bond donors (Lipinski definition) is 0. The van der Waals surface area contributed by atoms with Gasteiger partial charge in [0.05, 0.1) is 13.2 Å². The smallest absolute Gasteiger partial charge is 0.270 e. The number of carbonyl (C=O) groups excluding carboxylic acids is 1. The highest BCUT2D eigenvalue weighted by atomic mass is 16.5. The molecule has 1 saturated heterocycles. The minimum atomic E-state index is -0.331. The first kappa shape index (κ1) is 11.9. The van der Waals surface area contributed by atoms with E-state index in [4.69, 9.17) is 4.74 Å². The lowest BCUT2D eigenvalue weighted by molar-refractivity contribution is 0.0301. The Kier molecular flexibility index (Phi) is 3.00. The molecule has 6 nitrogen and oxygen atoms in total. The number of morpholine rings is 1. The van der Waals surface area contributed by atoms with Crippen LogP contribution in [0.1, 0.15) is 10.4 Å². The third kappa shape index (κ3) is 2.10. The lowest BCUT2D eigenvalue weighted by Crippen LogP contribution is -2.43. The number of pyridine rings is 1. The summed E-state index contributed by atoms with van der Waals surface area (Å²) in [4.78, 5) is 30.3. The molecule has 0 aromatic carbocycles. The fourth-order valence-electron chi connectivity index (χ4n) is 2.11. The second kappa shape index (κ2) is 4.81. The van der Waals surface area contributed by atoms with Gasteiger partial charge in [-0.2, -0.15) is 0 Å². The van der Waals surface area contributed by atoms with E-state index < -0.39 is 0 Å². The number of nitrogens with zero attached hydrogens (tertiary/aromatic N) is 3. The van der Waals surface area contributed by atoms with E-state index in [-0.39, 0.29) is 17.0 Å². The zero-order valence-corrected chi connectivity index (χ0v) is 10.3. The fourth-order valence-corrected chi connectivity index (χ4v) is 2.11. The summed E-state index contributed by atoms with van der Waals surface area (Å²) < 4.78 is 6.58. The Bertz CT molecular complexity index is 674. The van der Waals surface area contributed by atoms with Crippen molar-refractivity contribution in [2.45, 2.75) is 0 Å². The van der Waals surface area contributed by atoms with Crippen molar-refractivity contribution in [2.75, 3.05) is 26.3 Å². The Morgan fingerprint density at radius 2 is 2.05 bits per heavy atom. The molecule has 3 heterocycles. The number of aromatic nitrogens is 2. The molecular formula is C13H13N3O3. The van der Waals surface area contributed by atoms with Gasteiger partial charge < -0.3 is 9.64 Å². The highest BCUT2D eigenvalue weighted by molar-refractivity contribution is 5.93. The van der Waals surface area contributed by atoms with Gasteiger partial charge in [0.1, 0.15) is 11.2 Å². The van der Waals surface area contributed by atoms with E-state index >= 15 is 0 Å². The van der Waals surface area contributed by atoms with Gasteiger partial charge in [-0.15, -0.1) is 0 Å². The first-order valence-electron chi connectivity index (χ1n) is 6.11. The Morgan fingerprint density at radius 3 is 2.84 bits per heavy atom. The fraction of sp³-hybridized carbons (Fsp3) is 0.308. The van der Waals surface area contributed by atoms with E-state index in [1.807, 2.05) is 0 Å². The molecule has 0 radical (unpaired) electrons. The SMILES string of the molecule is O=C(c1cnc2ccccn2c1=O)N1CCOCC1. The Balaban J connectivity index is 2.03. The zero-order chi connectivity index (χ0) is 13.2. The van der Waals surface area contributed by atoms with Crippen molar-refractivity contribution < 1.29 is 9.53 Å². The molecule has 2 aromatic heterocycles. The predicted octanol–water partition coefficient (Wildman–Crippen LogP) is 0.167. The largest absolute Gasteiger partial charge is 0.378 e. The molecule has 0 saturated carbocycles. The van der Waals surface area contributed by atoms with Gasteiger partial charge in [-0.25, -0.2) is 4.98 Å². The molecule has 0 bridgehead atoms. The zero-order valence-electron chi connectivity index (χ0n) is 10.3. The molecule has 2 aromatic rings. The van der Waals surface area contributed by atoms with Crippen molar-refractivity contribution in [1.29, 1.82) is 0 Å². The molecule has 3 rings (SSSR count). The molecule has 0 unspecified atom stereocenters. The summed E-state index contributed by atoms with van der Waals surface area (Å²) in [5.41, 5.74) is 0.304. The van der Waals surface area contributed by atoms with Crippen LogP contribution in [-0.2, 0) is 4.74 Å². The average molecular weight is 259 g/mol. The molecule has 1 fully saturated rings. The topological polar surface area (TPSA) is 63.9 Å². The van der Waals surface area contributed by atoms with E-state index in [9.17, 15) is 9.59 Å². The third-order valence-corrected chi connectivity index (χ3v) is 3.14. The van der Waals surface area contributed by atoms with Crippen LogP contribution in [0.5, 0.6) is 0 Å². The number of rotatable bonds is 1. The number of hydrogen-bond acceptors (Lipinski definition) is 4. The van der Waals surface area contributed by atoms with Crippen LogP contribution in [0.4, 0.5) is 0 Å². The molecule has 98 valence electrons. The van der Waals surface area contributed by atoms with Crippen LogP contribution in [0.15, 0.2) is 35.4 Å². The van der Waals surface area contributed by atoms with Crippen molar-refractivity contribution >= 4 is 11.6 Å². The Labute approximate surface area is 109 Å². The second-order valence-corrected chi connectivity index (χ2v) is 4.31. The molecule has 0 N–H and O–H groups in total. The van der Waals surface area contributed by atoms with Crippen molar-refractivity contribution in [1.82, 2.24) is 14.3 Å². The molecule has 0 aliphatic carbocycles. The molecular weight excluding hydrogens is 246 g/mol. The van der Waals surface area contributed by atoms with E-state index in [0.29, 0.717) is 32.0 Å². The molecule has 1 aliphatic heterocycles. The van der Waals surface area contributed by atoms with Gasteiger partial charge >= 0.3 is 0 Å². The second-order valence-electron chi connectivity index (χ2n) is 4.31. The maximum Gasteiger partial charge on any atom is 0.270 e. The highest BCUT2D eigenvalue weighted by Crippen LogP contribution is 2.04. The first-order valence-corrected chi connectivity index (χ1v) is 6.11. The van der Waals surface area contributed by atoms with Gasteiger partial charge in [0.25, 0.3) is 11.5 Å². The number of fused-ring (bicyclic) bond motifs is 1. The molecule has 19 heavy (non-hydrogen) atoms. The van der Waals surface area contributed by atoms with Crippen molar-refractivity contribution in [2.24, 2.45) is 0 Å². The van der Waals surface area contributed by atoms with Crippen LogP contribution in [-0.4, -0.2) is 46.5 Å². The van der Waals surface area contributed by atoms with Crippen LogP contribution >= 0.6 is 0 Å². The molecule has 0 spiro atoms. The Morgan fingerprint density at radius 1 is 1.26 bits per heavy atom. The first-order chi connectivity index (χ1) is 9.27. The summed E-state index contributed by atoms with van der Waals surface area (Å²) in [5, 5.41) is 0. The van der Waals surface area contributed by atoms with E-state index in [0.717, 1.165) is 0 Å². The van der Waals surface area contributed by atoms with Crippen molar-refractivity contribution in [3.63, 3.8) is 0 Å². The van der Waals surface area contributed by atoms with Gasteiger partial charge in [-0.1, -0.05) is 6.07 Å². The third-order valence-electron chi connectivity index (χ3n) is 3.14. The number of carbonyl (C=O) groups is 1. The Hall–Kier alpha value is -2.21. The minimum absolute atomic E-state index is 0.102. The molecule has 1 amide bonds. The van der Waals surface area contributed by atoms with Crippen molar-refractivity contribution in [3.05, 3.63) is 46.5 Å². The lowest BCUT2D eigenvalue weighted by Gasteiger charge is -2.26. The van der Waals surface area contributed by atoms with E-state index in [1.54, 1.807) is 29.3 Å².